The molecule has 4 nitrogen and oxygen atoms in total. The van der Waals surface area contributed by atoms with Gasteiger partial charge in [0, 0.05) is 18.4 Å². The number of rotatable bonds is 7. The lowest BCUT2D eigenvalue weighted by molar-refractivity contribution is -0.143. The molecule has 0 radical (unpaired) electrons. The first-order chi connectivity index (χ1) is 7.36. The summed E-state index contributed by atoms with van der Waals surface area (Å²) in [4.78, 5) is 32.5. The van der Waals surface area contributed by atoms with Gasteiger partial charge in [-0.05, 0) is 36.5 Å². The van der Waals surface area contributed by atoms with E-state index in [4.69, 9.17) is 27.9 Å². The lowest BCUT2D eigenvalue weighted by Crippen LogP contribution is -2.21. The number of hydrogen-bond acceptors (Lipinski definition) is 4. The zero-order valence-electron chi connectivity index (χ0n) is 8.74. The number of hydrogen-bond donors (Lipinski definition) is 0. The molecule has 0 spiro atoms. The molecule has 0 aliphatic rings. The second-order valence-electron chi connectivity index (χ2n) is 3.25. The summed E-state index contributed by atoms with van der Waals surface area (Å²) in [6.07, 6.45) is 0.468. The van der Waals surface area contributed by atoms with Crippen molar-refractivity contribution >= 4 is 39.7 Å². The molecular weight excluding hydrogens is 255 g/mol. The average Bonchev–Trinajstić information content (AvgIpc) is 2.15. The molecule has 0 aliphatic carbocycles. The Labute approximate surface area is 104 Å². The van der Waals surface area contributed by atoms with Crippen LogP contribution < -0.4 is 0 Å². The third kappa shape index (κ3) is 6.58. The first-order valence-electron chi connectivity index (χ1n) is 4.57. The van der Waals surface area contributed by atoms with Gasteiger partial charge in [-0.2, -0.15) is 0 Å². The van der Waals surface area contributed by atoms with Gasteiger partial charge in [0.2, 0.25) is 10.5 Å². The first kappa shape index (κ1) is 15.1. The number of carbonyl (C=O) groups is 3. The molecule has 0 aromatic rings. The van der Waals surface area contributed by atoms with Gasteiger partial charge in [0.05, 0.1) is 0 Å². The molecule has 0 N–H and O–H groups in total. The van der Waals surface area contributed by atoms with Crippen LogP contribution in [0.4, 0.5) is 0 Å². The van der Waals surface area contributed by atoms with Crippen LogP contribution in [0.3, 0.4) is 0 Å². The lowest BCUT2D eigenvalue weighted by Gasteiger charge is -2.16. The molecule has 0 fully saturated rings. The molecule has 0 aromatic carbocycles. The smallest absolute Gasteiger partial charge is 0.330 e. The molecule has 16 heavy (non-hydrogen) atoms. The highest BCUT2D eigenvalue weighted by Crippen LogP contribution is 2.18. The Balaban J connectivity index is 4.28. The van der Waals surface area contributed by atoms with E-state index in [1.54, 1.807) is 6.92 Å². The number of carbonyl (C=O) groups excluding carboxylic acids is 3. The average molecular weight is 267 g/mol. The van der Waals surface area contributed by atoms with Crippen molar-refractivity contribution in [2.45, 2.75) is 25.9 Å². The summed E-state index contributed by atoms with van der Waals surface area (Å²) < 4.78 is 4.84. The quantitative estimate of drug-likeness (QED) is 0.402. The van der Waals surface area contributed by atoms with E-state index in [1.807, 2.05) is 0 Å². The molecule has 0 amide bonds. The summed E-state index contributed by atoms with van der Waals surface area (Å²) in [5, 5.41) is -1.32. The molecule has 0 rings (SSSR count). The van der Waals surface area contributed by atoms with Gasteiger partial charge >= 0.3 is 5.97 Å². The predicted molar refractivity (Wildman–Crippen MR) is 60.2 cm³/mol. The number of halogens is 2. The molecule has 0 saturated heterocycles. The SMILES string of the molecule is C=CC(=O)OC(C)CC(CC(=O)Cl)C(=O)Cl. The van der Waals surface area contributed by atoms with Crippen LogP contribution in [0.25, 0.3) is 0 Å². The van der Waals surface area contributed by atoms with Crippen LogP contribution in [0.5, 0.6) is 0 Å². The second-order valence-corrected chi connectivity index (χ2v) is 4.04. The Hall–Kier alpha value is -0.870. The van der Waals surface area contributed by atoms with Crippen molar-refractivity contribution in [2.24, 2.45) is 5.92 Å². The summed E-state index contributed by atoms with van der Waals surface area (Å²) in [6, 6.07) is 0. The van der Waals surface area contributed by atoms with Crippen LogP contribution in [0.15, 0.2) is 12.7 Å². The monoisotopic (exact) mass is 266 g/mol. The van der Waals surface area contributed by atoms with E-state index in [-0.39, 0.29) is 12.8 Å². The minimum atomic E-state index is -0.737. The largest absolute Gasteiger partial charge is 0.460 e. The molecule has 0 saturated carbocycles. The fourth-order valence-corrected chi connectivity index (χ4v) is 1.50. The molecule has 6 heteroatoms. The third-order valence-corrected chi connectivity index (χ3v) is 2.29. The zero-order chi connectivity index (χ0) is 12.7. The number of ether oxygens (including phenoxy) is 1. The Bertz CT molecular complexity index is 301. The fraction of sp³-hybridized carbons (Fsp3) is 0.500. The van der Waals surface area contributed by atoms with Crippen LogP contribution in [0.1, 0.15) is 19.8 Å². The first-order valence-corrected chi connectivity index (χ1v) is 5.33. The standard InChI is InChI=1S/C10H12Cl2O4/c1-3-9(14)16-6(2)4-7(10(12)15)5-8(11)13/h3,6-7H,1,4-5H2,2H3. The van der Waals surface area contributed by atoms with Crippen LogP contribution in [0, 0.1) is 5.92 Å². The van der Waals surface area contributed by atoms with Gasteiger partial charge < -0.3 is 4.74 Å². The van der Waals surface area contributed by atoms with E-state index in [1.165, 1.54) is 0 Å². The Kier molecular flexibility index (Phi) is 7.01. The third-order valence-electron chi connectivity index (χ3n) is 1.83. The molecule has 0 heterocycles. The van der Waals surface area contributed by atoms with Crippen molar-refractivity contribution < 1.29 is 19.1 Å². The van der Waals surface area contributed by atoms with Gasteiger partial charge in [0.1, 0.15) is 6.10 Å². The van der Waals surface area contributed by atoms with Crippen LogP contribution >= 0.6 is 23.2 Å². The zero-order valence-corrected chi connectivity index (χ0v) is 10.3. The van der Waals surface area contributed by atoms with E-state index in [2.05, 4.69) is 6.58 Å². The molecule has 0 aromatic heterocycles. The highest BCUT2D eigenvalue weighted by atomic mass is 35.5. The molecule has 0 aliphatic heterocycles. The Morgan fingerprint density at radius 2 is 1.94 bits per heavy atom. The molecule has 2 unspecified atom stereocenters. The maximum Gasteiger partial charge on any atom is 0.330 e. The summed E-state index contributed by atoms with van der Waals surface area (Å²) in [5.41, 5.74) is 0. The predicted octanol–water partition coefficient (Wildman–Crippen LogP) is 2.03. The van der Waals surface area contributed by atoms with Crippen molar-refractivity contribution in [2.75, 3.05) is 0 Å². The highest BCUT2D eigenvalue weighted by Gasteiger charge is 2.23. The number of esters is 1. The molecule has 90 valence electrons. The van der Waals surface area contributed by atoms with Crippen molar-refractivity contribution in [1.82, 2.24) is 0 Å². The summed E-state index contributed by atoms with van der Waals surface area (Å²) >= 11 is 10.5. The van der Waals surface area contributed by atoms with E-state index < -0.39 is 28.5 Å². The van der Waals surface area contributed by atoms with Gasteiger partial charge in [-0.15, -0.1) is 0 Å². The van der Waals surface area contributed by atoms with Crippen LogP contribution in [-0.4, -0.2) is 22.6 Å². The summed E-state index contributed by atoms with van der Waals surface area (Å²) in [5.74, 6) is -1.33. The minimum Gasteiger partial charge on any atom is -0.460 e. The maximum absolute atomic E-state index is 11.0. The van der Waals surface area contributed by atoms with E-state index >= 15 is 0 Å². The van der Waals surface area contributed by atoms with Crippen molar-refractivity contribution in [3.63, 3.8) is 0 Å². The molecule has 2 atom stereocenters. The minimum absolute atomic E-state index is 0.153. The van der Waals surface area contributed by atoms with Crippen LogP contribution in [-0.2, 0) is 19.1 Å². The van der Waals surface area contributed by atoms with Crippen LogP contribution in [0.2, 0.25) is 0 Å². The second kappa shape index (κ2) is 7.41. The van der Waals surface area contributed by atoms with E-state index in [9.17, 15) is 14.4 Å². The summed E-state index contributed by atoms with van der Waals surface area (Å²) in [7, 11) is 0. The van der Waals surface area contributed by atoms with E-state index in [0.717, 1.165) is 6.08 Å². The van der Waals surface area contributed by atoms with Gasteiger partial charge in [0.25, 0.3) is 0 Å². The highest BCUT2D eigenvalue weighted by molar-refractivity contribution is 6.66. The van der Waals surface area contributed by atoms with Gasteiger partial charge in [-0.3, -0.25) is 9.59 Å². The normalized spacial score (nSPS) is 13.7. The fourth-order valence-electron chi connectivity index (χ4n) is 1.15. The maximum atomic E-state index is 11.0. The van der Waals surface area contributed by atoms with Crippen molar-refractivity contribution in [3.8, 4) is 0 Å². The van der Waals surface area contributed by atoms with Crippen molar-refractivity contribution in [1.29, 1.82) is 0 Å². The Morgan fingerprint density at radius 1 is 1.38 bits per heavy atom. The van der Waals surface area contributed by atoms with Gasteiger partial charge in [-0.1, -0.05) is 6.58 Å². The molecule has 0 bridgehead atoms. The van der Waals surface area contributed by atoms with E-state index in [0.29, 0.717) is 0 Å². The molecular formula is C10H12Cl2O4. The van der Waals surface area contributed by atoms with Gasteiger partial charge in [0.15, 0.2) is 0 Å². The van der Waals surface area contributed by atoms with Crippen molar-refractivity contribution in [3.05, 3.63) is 12.7 Å². The lowest BCUT2D eigenvalue weighted by atomic mass is 10.0. The summed E-state index contributed by atoms with van der Waals surface area (Å²) in [6.45, 7) is 4.82. The Morgan fingerprint density at radius 3 is 2.31 bits per heavy atom. The topological polar surface area (TPSA) is 60.4 Å². The van der Waals surface area contributed by atoms with Gasteiger partial charge in [-0.25, -0.2) is 4.79 Å².